The van der Waals surface area contributed by atoms with E-state index in [4.69, 9.17) is 9.84 Å². The lowest BCUT2D eigenvalue weighted by Crippen LogP contribution is -2.03. The maximum atomic E-state index is 11.3. The second kappa shape index (κ2) is 7.69. The first kappa shape index (κ1) is 18.6. The third-order valence-electron chi connectivity index (χ3n) is 4.38. The minimum atomic E-state index is -1.11. The van der Waals surface area contributed by atoms with Gasteiger partial charge in [0, 0.05) is 22.1 Å². The highest BCUT2D eigenvalue weighted by atomic mass is 32.1. The number of para-hydroxylation sites is 1. The molecule has 0 atom stereocenters. The van der Waals surface area contributed by atoms with Crippen molar-refractivity contribution in [2.24, 2.45) is 0 Å². The number of aromatic nitrogens is 3. The quantitative estimate of drug-likeness (QED) is 0.483. The molecular weight excluding hydrogens is 390 g/mol. The van der Waals surface area contributed by atoms with Crippen molar-refractivity contribution in [3.63, 3.8) is 0 Å². The summed E-state index contributed by atoms with van der Waals surface area (Å²) in [6.07, 6.45) is 0. The second-order valence-corrected chi connectivity index (χ2v) is 6.97. The molecule has 2 heterocycles. The normalized spacial score (nSPS) is 10.7. The number of thiazole rings is 1. The number of carbonyl (C=O) groups excluding carboxylic acids is 1. The Morgan fingerprint density at radius 1 is 1.14 bits per heavy atom. The van der Waals surface area contributed by atoms with E-state index in [0.717, 1.165) is 16.8 Å². The van der Waals surface area contributed by atoms with Gasteiger partial charge in [0.15, 0.2) is 5.69 Å². The average molecular weight is 405 g/mol. The molecule has 0 aliphatic carbocycles. The molecule has 4 aromatic rings. The largest absolute Gasteiger partial charge is 0.476 e. The molecule has 4 rings (SSSR count). The van der Waals surface area contributed by atoms with Gasteiger partial charge in [-0.3, -0.25) is 4.79 Å². The van der Waals surface area contributed by atoms with Gasteiger partial charge in [0.25, 0.3) is 6.47 Å². The summed E-state index contributed by atoms with van der Waals surface area (Å²) in [5, 5.41) is 15.8. The van der Waals surface area contributed by atoms with Crippen LogP contribution in [-0.2, 0) is 4.79 Å². The fraction of sp³-hybridized carbons (Fsp3) is 0.0476. The van der Waals surface area contributed by atoms with Gasteiger partial charge in [0.05, 0.1) is 11.4 Å². The van der Waals surface area contributed by atoms with Crippen molar-refractivity contribution in [1.82, 2.24) is 14.8 Å². The van der Waals surface area contributed by atoms with Crippen molar-refractivity contribution in [3.8, 4) is 33.4 Å². The van der Waals surface area contributed by atoms with E-state index in [1.807, 2.05) is 49.4 Å². The fourth-order valence-electron chi connectivity index (χ4n) is 3.10. The Morgan fingerprint density at radius 2 is 1.86 bits per heavy atom. The average Bonchev–Trinajstić information content (AvgIpc) is 3.34. The van der Waals surface area contributed by atoms with E-state index < -0.39 is 5.97 Å². The summed E-state index contributed by atoms with van der Waals surface area (Å²) in [4.78, 5) is 26.5. The van der Waals surface area contributed by atoms with Gasteiger partial charge in [0.2, 0.25) is 5.13 Å². The second-order valence-electron chi connectivity index (χ2n) is 6.13. The van der Waals surface area contributed by atoms with Crippen molar-refractivity contribution in [3.05, 3.63) is 71.2 Å². The highest BCUT2D eigenvalue weighted by Crippen LogP contribution is 2.38. The third-order valence-corrected chi connectivity index (χ3v) is 5.20. The minimum absolute atomic E-state index is 0.0530. The molecule has 0 unspecified atom stereocenters. The molecule has 0 saturated heterocycles. The zero-order valence-corrected chi connectivity index (χ0v) is 16.1. The Hall–Kier alpha value is -3.78. The summed E-state index contributed by atoms with van der Waals surface area (Å²) in [5.74, 6) is -0.729. The minimum Gasteiger partial charge on any atom is -0.476 e. The van der Waals surface area contributed by atoms with E-state index in [9.17, 15) is 14.7 Å². The molecule has 0 saturated carbocycles. The van der Waals surface area contributed by atoms with E-state index in [1.165, 1.54) is 16.7 Å². The predicted molar refractivity (Wildman–Crippen MR) is 108 cm³/mol. The molecule has 0 fully saturated rings. The molecule has 2 aromatic carbocycles. The summed E-state index contributed by atoms with van der Waals surface area (Å²) >= 11 is 1.17. The third kappa shape index (κ3) is 3.41. The SMILES string of the molecule is Cc1c(-c2ccccc2)nn(-c2nc(C(=O)O)cs2)c1-c1ccccc1OC=O. The van der Waals surface area contributed by atoms with Crippen LogP contribution in [0.1, 0.15) is 16.1 Å². The number of nitrogens with zero attached hydrogens (tertiary/aromatic N) is 3. The van der Waals surface area contributed by atoms with Gasteiger partial charge < -0.3 is 9.84 Å². The number of carboxylic acids is 1. The number of ether oxygens (including phenoxy) is 1. The number of aromatic carboxylic acids is 1. The lowest BCUT2D eigenvalue weighted by atomic mass is 10.0. The zero-order valence-electron chi connectivity index (χ0n) is 15.3. The molecule has 144 valence electrons. The van der Waals surface area contributed by atoms with Crippen LogP contribution in [0.4, 0.5) is 0 Å². The zero-order chi connectivity index (χ0) is 20.4. The summed E-state index contributed by atoms with van der Waals surface area (Å²) in [6.45, 7) is 2.30. The van der Waals surface area contributed by atoms with E-state index in [-0.39, 0.29) is 5.69 Å². The Morgan fingerprint density at radius 3 is 2.55 bits per heavy atom. The number of rotatable bonds is 6. The molecule has 0 spiro atoms. The molecule has 0 aliphatic heterocycles. The first-order valence-corrected chi connectivity index (χ1v) is 9.52. The highest BCUT2D eigenvalue weighted by molar-refractivity contribution is 7.12. The highest BCUT2D eigenvalue weighted by Gasteiger charge is 2.23. The van der Waals surface area contributed by atoms with Crippen LogP contribution in [0.3, 0.4) is 0 Å². The van der Waals surface area contributed by atoms with Gasteiger partial charge in [-0.05, 0) is 19.1 Å². The van der Waals surface area contributed by atoms with Crippen LogP contribution >= 0.6 is 11.3 Å². The van der Waals surface area contributed by atoms with Crippen LogP contribution in [0.2, 0.25) is 0 Å². The smallest absolute Gasteiger partial charge is 0.355 e. The van der Waals surface area contributed by atoms with Gasteiger partial charge in [-0.1, -0.05) is 42.5 Å². The first-order chi connectivity index (χ1) is 14.1. The number of benzene rings is 2. The van der Waals surface area contributed by atoms with Crippen LogP contribution < -0.4 is 4.74 Å². The Labute approximate surface area is 169 Å². The Kier molecular flexibility index (Phi) is 4.92. The number of hydrogen-bond donors (Lipinski definition) is 1. The lowest BCUT2D eigenvalue weighted by Gasteiger charge is -2.09. The molecule has 0 aliphatic rings. The summed E-state index contributed by atoms with van der Waals surface area (Å²) in [5.41, 5.74) is 3.77. The summed E-state index contributed by atoms with van der Waals surface area (Å²) in [7, 11) is 0. The molecule has 29 heavy (non-hydrogen) atoms. The molecule has 8 heteroatoms. The molecule has 2 aromatic heterocycles. The molecule has 7 nitrogen and oxygen atoms in total. The number of carbonyl (C=O) groups is 2. The maximum absolute atomic E-state index is 11.3. The Bertz CT molecular complexity index is 1200. The van der Waals surface area contributed by atoms with Crippen LogP contribution in [0.15, 0.2) is 60.0 Å². The first-order valence-electron chi connectivity index (χ1n) is 8.64. The van der Waals surface area contributed by atoms with Gasteiger partial charge in [0.1, 0.15) is 5.75 Å². The predicted octanol–water partition coefficient (Wildman–Crippen LogP) is 4.20. The van der Waals surface area contributed by atoms with Gasteiger partial charge in [-0.2, -0.15) is 5.10 Å². The van der Waals surface area contributed by atoms with Crippen LogP contribution in [0.25, 0.3) is 27.6 Å². The maximum Gasteiger partial charge on any atom is 0.355 e. The fourth-order valence-corrected chi connectivity index (χ4v) is 3.85. The number of carboxylic acid groups (broad SMARTS) is 1. The molecule has 0 bridgehead atoms. The summed E-state index contributed by atoms with van der Waals surface area (Å²) in [6, 6.07) is 16.8. The van der Waals surface area contributed by atoms with Gasteiger partial charge in [-0.25, -0.2) is 14.5 Å². The number of hydrogen-bond acceptors (Lipinski definition) is 6. The van der Waals surface area contributed by atoms with Crippen molar-refractivity contribution in [2.75, 3.05) is 0 Å². The molecule has 1 N–H and O–H groups in total. The lowest BCUT2D eigenvalue weighted by molar-refractivity contribution is -0.120. The Balaban J connectivity index is 1.99. The topological polar surface area (TPSA) is 94.3 Å². The van der Waals surface area contributed by atoms with Crippen LogP contribution in [-0.4, -0.2) is 32.3 Å². The van der Waals surface area contributed by atoms with Gasteiger partial charge in [-0.15, -0.1) is 11.3 Å². The van der Waals surface area contributed by atoms with Crippen molar-refractivity contribution < 1.29 is 19.4 Å². The van der Waals surface area contributed by atoms with E-state index >= 15 is 0 Å². The molecule has 0 amide bonds. The van der Waals surface area contributed by atoms with Crippen LogP contribution in [0, 0.1) is 6.92 Å². The van der Waals surface area contributed by atoms with Crippen molar-refractivity contribution >= 4 is 23.8 Å². The monoisotopic (exact) mass is 405 g/mol. The summed E-state index contributed by atoms with van der Waals surface area (Å²) < 4.78 is 6.76. The van der Waals surface area contributed by atoms with E-state index in [0.29, 0.717) is 28.6 Å². The van der Waals surface area contributed by atoms with Gasteiger partial charge >= 0.3 is 5.97 Å². The van der Waals surface area contributed by atoms with E-state index in [2.05, 4.69) is 4.98 Å². The molecule has 0 radical (unpaired) electrons. The molecular formula is C21H15N3O4S. The van der Waals surface area contributed by atoms with Crippen LogP contribution in [0.5, 0.6) is 5.75 Å². The van der Waals surface area contributed by atoms with E-state index in [1.54, 1.807) is 16.8 Å². The standard InChI is InChI=1S/C21H15N3O4S/c1-13-18(14-7-3-2-4-8-14)23-24(21-22-16(11-29-21)20(26)27)19(13)15-9-5-6-10-17(15)28-12-25/h2-12H,1H3,(H,26,27). The van der Waals surface area contributed by atoms with Crippen molar-refractivity contribution in [2.45, 2.75) is 6.92 Å². The van der Waals surface area contributed by atoms with Crippen molar-refractivity contribution in [1.29, 1.82) is 0 Å².